The number of nitrogens with one attached hydrogen (secondary N) is 1. The maximum atomic E-state index is 11.7. The lowest BCUT2D eigenvalue weighted by molar-refractivity contribution is -0.383. The lowest BCUT2D eigenvalue weighted by Crippen LogP contribution is -2.24. The fraction of sp³-hybridized carbons (Fsp3) is 0.316. The number of amides is 1. The van der Waals surface area contributed by atoms with Crippen LogP contribution in [0.15, 0.2) is 40.9 Å². The van der Waals surface area contributed by atoms with Crippen molar-refractivity contribution >= 4 is 38.9 Å². The van der Waals surface area contributed by atoms with Gasteiger partial charge in [0.25, 0.3) is 0 Å². The van der Waals surface area contributed by atoms with E-state index in [9.17, 15) is 14.9 Å². The third-order valence-corrected chi connectivity index (χ3v) is 5.10. The lowest BCUT2D eigenvalue weighted by atomic mass is 10.1. The van der Waals surface area contributed by atoms with Crippen molar-refractivity contribution in [3.05, 3.63) is 62.1 Å². The molecule has 0 saturated heterocycles. The molecule has 2 aromatic carbocycles. The summed E-state index contributed by atoms with van der Waals surface area (Å²) in [6.45, 7) is 4.43. The molecule has 0 saturated carbocycles. The number of aryl methyl sites for hydroxylation is 1. The van der Waals surface area contributed by atoms with Crippen LogP contribution < -0.4 is 10.2 Å². The van der Waals surface area contributed by atoms with Gasteiger partial charge in [-0.3, -0.25) is 14.9 Å². The van der Waals surface area contributed by atoms with Crippen LogP contribution >= 0.6 is 15.9 Å². The molecule has 0 atom stereocenters. The van der Waals surface area contributed by atoms with E-state index in [0.717, 1.165) is 11.1 Å². The zero-order chi connectivity index (χ0) is 20.0. The molecule has 0 aromatic heterocycles. The topological polar surface area (TPSA) is 84.7 Å². The molecule has 7 nitrogen and oxygen atoms in total. The number of carbonyl (C=O) groups is 1. The van der Waals surface area contributed by atoms with Gasteiger partial charge in [-0.25, -0.2) is 0 Å². The lowest BCUT2D eigenvalue weighted by Gasteiger charge is -2.19. The van der Waals surface area contributed by atoms with Crippen LogP contribution in [-0.2, 0) is 16.1 Å². The van der Waals surface area contributed by atoms with Crippen molar-refractivity contribution in [2.24, 2.45) is 0 Å². The van der Waals surface area contributed by atoms with E-state index in [1.807, 2.05) is 37.3 Å². The van der Waals surface area contributed by atoms with Crippen molar-refractivity contribution in [3.63, 3.8) is 0 Å². The summed E-state index contributed by atoms with van der Waals surface area (Å²) in [5.41, 5.74) is 2.29. The van der Waals surface area contributed by atoms with Crippen molar-refractivity contribution < 1.29 is 14.5 Å². The highest BCUT2D eigenvalue weighted by atomic mass is 79.9. The summed E-state index contributed by atoms with van der Waals surface area (Å²) in [6, 6.07) is 11.4. The fourth-order valence-corrected chi connectivity index (χ4v) is 2.99. The highest BCUT2D eigenvalue weighted by molar-refractivity contribution is 9.10. The molecule has 144 valence electrons. The van der Waals surface area contributed by atoms with Gasteiger partial charge >= 0.3 is 5.69 Å². The summed E-state index contributed by atoms with van der Waals surface area (Å²) >= 11 is 3.41. The van der Waals surface area contributed by atoms with Gasteiger partial charge in [0.1, 0.15) is 11.4 Å². The Hall–Kier alpha value is -2.45. The minimum absolute atomic E-state index is 0.145. The minimum atomic E-state index is -0.480. The molecule has 2 aromatic rings. The van der Waals surface area contributed by atoms with E-state index in [1.165, 1.54) is 18.9 Å². The van der Waals surface area contributed by atoms with Crippen molar-refractivity contribution in [2.45, 2.75) is 20.5 Å². The zero-order valence-corrected chi connectivity index (χ0v) is 17.1. The first-order valence-electron chi connectivity index (χ1n) is 8.40. The summed E-state index contributed by atoms with van der Waals surface area (Å²) in [4.78, 5) is 24.2. The maximum absolute atomic E-state index is 11.7. The third-order valence-electron chi connectivity index (χ3n) is 4.07. The quantitative estimate of drug-likeness (QED) is 0.380. The summed E-state index contributed by atoms with van der Waals surface area (Å²) in [5.74, 6) is -0.281. The van der Waals surface area contributed by atoms with E-state index in [0.29, 0.717) is 29.9 Å². The fourth-order valence-electron chi connectivity index (χ4n) is 2.55. The molecule has 0 aliphatic heterocycles. The molecule has 2 rings (SSSR count). The second-order valence-electron chi connectivity index (χ2n) is 6.05. The number of benzene rings is 2. The van der Waals surface area contributed by atoms with Crippen molar-refractivity contribution in [2.75, 3.05) is 30.4 Å². The Kier molecular flexibility index (Phi) is 7.32. The average molecular weight is 436 g/mol. The molecule has 1 amide bonds. The normalized spacial score (nSPS) is 10.5. The molecule has 0 aliphatic rings. The van der Waals surface area contributed by atoms with Crippen LogP contribution in [0.1, 0.15) is 18.1 Å². The number of hydrogen-bond acceptors (Lipinski definition) is 5. The third kappa shape index (κ3) is 5.27. The van der Waals surface area contributed by atoms with E-state index in [-0.39, 0.29) is 17.3 Å². The number of rotatable bonds is 8. The number of nitrogens with zero attached hydrogens (tertiary/aromatic N) is 2. The first-order valence-corrected chi connectivity index (χ1v) is 9.19. The van der Waals surface area contributed by atoms with Gasteiger partial charge in [0, 0.05) is 20.5 Å². The molecule has 0 heterocycles. The van der Waals surface area contributed by atoms with Crippen LogP contribution in [0.4, 0.5) is 17.1 Å². The molecule has 0 unspecified atom stereocenters. The number of anilines is 2. The highest BCUT2D eigenvalue weighted by Gasteiger charge is 2.27. The highest BCUT2D eigenvalue weighted by Crippen LogP contribution is 2.42. The largest absolute Gasteiger partial charge is 0.376 e. The van der Waals surface area contributed by atoms with E-state index in [4.69, 9.17) is 4.74 Å². The Balaban J connectivity index is 2.14. The molecule has 0 radical (unpaired) electrons. The number of carbonyl (C=O) groups excluding carboxylic acids is 1. The standard InChI is InChI=1S/C19H22BrN3O4/c1-13-11-16(22(3)14(2)24)19(23(25)26)18(17(13)20)21-9-10-27-12-15-7-5-4-6-8-15/h4-8,11,21H,9-10,12H2,1-3H3. The molecular weight excluding hydrogens is 414 g/mol. The molecule has 0 spiro atoms. The maximum Gasteiger partial charge on any atom is 0.316 e. The monoisotopic (exact) mass is 435 g/mol. The van der Waals surface area contributed by atoms with Crippen LogP contribution in [0.3, 0.4) is 0 Å². The van der Waals surface area contributed by atoms with Crippen LogP contribution in [0, 0.1) is 17.0 Å². The summed E-state index contributed by atoms with van der Waals surface area (Å²) in [6.07, 6.45) is 0. The Morgan fingerprint density at radius 1 is 1.33 bits per heavy atom. The number of ether oxygens (including phenoxy) is 1. The summed E-state index contributed by atoms with van der Waals surface area (Å²) < 4.78 is 6.21. The van der Waals surface area contributed by atoms with Gasteiger partial charge in [0.2, 0.25) is 5.91 Å². The van der Waals surface area contributed by atoms with Crippen LogP contribution in [0.25, 0.3) is 0 Å². The van der Waals surface area contributed by atoms with E-state index >= 15 is 0 Å². The Morgan fingerprint density at radius 3 is 2.59 bits per heavy atom. The number of nitro benzene ring substituents is 1. The van der Waals surface area contributed by atoms with Gasteiger partial charge in [0.15, 0.2) is 0 Å². The molecular formula is C19H22BrN3O4. The molecule has 0 fully saturated rings. The van der Waals surface area contributed by atoms with Crippen LogP contribution in [0.5, 0.6) is 0 Å². The van der Waals surface area contributed by atoms with E-state index < -0.39 is 4.92 Å². The van der Waals surface area contributed by atoms with Gasteiger partial charge < -0.3 is 15.0 Å². The number of nitro groups is 1. The molecule has 1 N–H and O–H groups in total. The van der Waals surface area contributed by atoms with Crippen molar-refractivity contribution in [1.82, 2.24) is 0 Å². The Labute approximate surface area is 166 Å². The van der Waals surface area contributed by atoms with E-state index in [2.05, 4.69) is 21.2 Å². The average Bonchev–Trinajstić information content (AvgIpc) is 2.64. The van der Waals surface area contributed by atoms with Gasteiger partial charge in [-0.1, -0.05) is 30.3 Å². The second-order valence-corrected chi connectivity index (χ2v) is 6.84. The van der Waals surface area contributed by atoms with Crippen molar-refractivity contribution in [3.8, 4) is 0 Å². The minimum Gasteiger partial charge on any atom is -0.376 e. The second kappa shape index (κ2) is 9.48. The zero-order valence-electron chi connectivity index (χ0n) is 15.5. The molecule has 8 heteroatoms. The summed E-state index contributed by atoms with van der Waals surface area (Å²) in [5, 5.41) is 14.8. The molecule has 0 aliphatic carbocycles. The van der Waals surface area contributed by atoms with Gasteiger partial charge in [-0.05, 0) is 40.0 Å². The number of halogens is 1. The first-order chi connectivity index (χ1) is 12.8. The van der Waals surface area contributed by atoms with Gasteiger partial charge in [0.05, 0.1) is 22.6 Å². The predicted molar refractivity (Wildman–Crippen MR) is 109 cm³/mol. The summed E-state index contributed by atoms with van der Waals surface area (Å²) in [7, 11) is 1.52. The molecule has 27 heavy (non-hydrogen) atoms. The number of hydrogen-bond donors (Lipinski definition) is 1. The Bertz CT molecular complexity index is 827. The predicted octanol–water partition coefficient (Wildman–Crippen LogP) is 4.28. The van der Waals surface area contributed by atoms with Crippen LogP contribution in [-0.4, -0.2) is 31.0 Å². The van der Waals surface area contributed by atoms with Gasteiger partial charge in [-0.2, -0.15) is 0 Å². The van der Waals surface area contributed by atoms with Crippen molar-refractivity contribution in [1.29, 1.82) is 0 Å². The smallest absolute Gasteiger partial charge is 0.316 e. The Morgan fingerprint density at radius 2 is 2.00 bits per heavy atom. The van der Waals surface area contributed by atoms with E-state index in [1.54, 1.807) is 6.07 Å². The SMILES string of the molecule is CC(=O)N(C)c1cc(C)c(Br)c(NCCOCc2ccccc2)c1[N+](=O)[O-]. The van der Waals surface area contributed by atoms with Crippen LogP contribution in [0.2, 0.25) is 0 Å². The first kappa shape index (κ1) is 20.9. The molecule has 0 bridgehead atoms. The van der Waals surface area contributed by atoms with Gasteiger partial charge in [-0.15, -0.1) is 0 Å².